The molecule has 0 unspecified atom stereocenters. The fourth-order valence-electron chi connectivity index (χ4n) is 2.34. The van der Waals surface area contributed by atoms with Crippen LogP contribution in [0.1, 0.15) is 24.8 Å². The third-order valence-electron chi connectivity index (χ3n) is 3.50. The van der Waals surface area contributed by atoms with E-state index in [9.17, 15) is 4.79 Å². The van der Waals surface area contributed by atoms with Crippen molar-refractivity contribution in [3.05, 3.63) is 23.8 Å². The highest BCUT2D eigenvalue weighted by Gasteiger charge is 2.14. The molecule has 1 aliphatic heterocycles. The van der Waals surface area contributed by atoms with Crippen LogP contribution in [0.2, 0.25) is 0 Å². The first-order chi connectivity index (χ1) is 10.7. The molecule has 1 amide bonds. The molecule has 1 atom stereocenters. The molecule has 0 radical (unpaired) electrons. The number of nitrogens with one attached hydrogen (secondary N) is 2. The molecule has 6 heteroatoms. The molecular weight excluding hydrogens is 298 g/mol. The van der Waals surface area contributed by atoms with Crippen molar-refractivity contribution >= 4 is 29.0 Å². The second-order valence-electron chi connectivity index (χ2n) is 5.17. The number of ether oxygens (including phenoxy) is 1. The topological polar surface area (TPSA) is 74.2 Å². The molecule has 118 valence electrons. The van der Waals surface area contributed by atoms with E-state index in [1.165, 1.54) is 6.42 Å². The molecule has 2 N–H and O–H groups in total. The summed E-state index contributed by atoms with van der Waals surface area (Å²) in [4.78, 5) is 12.0. The Hall–Kier alpha value is -1.71. The molecule has 5 nitrogen and oxygen atoms in total. The molecule has 1 saturated heterocycles. The number of thioether (sulfide) groups is 1. The second kappa shape index (κ2) is 8.66. The number of benzene rings is 1. The number of amides is 1. The SMILES string of the molecule is CNc1ccc(C#N)cc1NC(=O)CSC[C@H]1CCCCO1. The molecule has 1 aromatic carbocycles. The van der Waals surface area contributed by atoms with Gasteiger partial charge in [0.05, 0.1) is 34.9 Å². The number of rotatable bonds is 6. The monoisotopic (exact) mass is 319 g/mol. The maximum absolute atomic E-state index is 12.0. The van der Waals surface area contributed by atoms with E-state index in [4.69, 9.17) is 10.00 Å². The van der Waals surface area contributed by atoms with E-state index >= 15 is 0 Å². The van der Waals surface area contributed by atoms with Gasteiger partial charge in [-0.3, -0.25) is 4.79 Å². The lowest BCUT2D eigenvalue weighted by Gasteiger charge is -2.21. The summed E-state index contributed by atoms with van der Waals surface area (Å²) in [6.45, 7) is 0.837. The van der Waals surface area contributed by atoms with Crippen LogP contribution in [0.15, 0.2) is 18.2 Å². The van der Waals surface area contributed by atoms with Crippen molar-refractivity contribution in [2.24, 2.45) is 0 Å². The van der Waals surface area contributed by atoms with Gasteiger partial charge in [-0.1, -0.05) is 0 Å². The van der Waals surface area contributed by atoms with Crippen LogP contribution in [-0.2, 0) is 9.53 Å². The number of nitriles is 1. The third-order valence-corrected chi connectivity index (χ3v) is 4.58. The first-order valence-corrected chi connectivity index (χ1v) is 8.59. The molecule has 1 aliphatic rings. The zero-order valence-electron chi connectivity index (χ0n) is 12.7. The highest BCUT2D eigenvalue weighted by atomic mass is 32.2. The number of carbonyl (C=O) groups excluding carboxylic acids is 1. The Balaban J connectivity index is 1.82. The summed E-state index contributed by atoms with van der Waals surface area (Å²) in [6.07, 6.45) is 3.72. The van der Waals surface area contributed by atoms with Gasteiger partial charge in [0.15, 0.2) is 0 Å². The van der Waals surface area contributed by atoms with Crippen LogP contribution in [0.4, 0.5) is 11.4 Å². The van der Waals surface area contributed by atoms with Crippen molar-refractivity contribution in [1.82, 2.24) is 0 Å². The van der Waals surface area contributed by atoms with Gasteiger partial charge >= 0.3 is 0 Å². The first kappa shape index (κ1) is 16.7. The number of hydrogen-bond acceptors (Lipinski definition) is 5. The van der Waals surface area contributed by atoms with Crippen molar-refractivity contribution in [1.29, 1.82) is 5.26 Å². The standard InChI is InChI=1S/C16H21N3O2S/c1-18-14-6-5-12(9-17)8-15(14)19-16(20)11-22-10-13-4-2-3-7-21-13/h5-6,8,13,18H,2-4,7,10-11H2,1H3,(H,19,20)/t13-/m1/s1. The Kier molecular flexibility index (Phi) is 6.56. The number of hydrogen-bond donors (Lipinski definition) is 2. The minimum absolute atomic E-state index is 0.0626. The highest BCUT2D eigenvalue weighted by molar-refractivity contribution is 8.00. The summed E-state index contributed by atoms with van der Waals surface area (Å²) in [5.41, 5.74) is 1.96. The van der Waals surface area contributed by atoms with E-state index < -0.39 is 0 Å². The Morgan fingerprint density at radius 1 is 1.45 bits per heavy atom. The Labute approximate surface area is 135 Å². The van der Waals surface area contributed by atoms with Gasteiger partial charge in [0.2, 0.25) is 5.91 Å². The summed E-state index contributed by atoms with van der Waals surface area (Å²) in [6, 6.07) is 7.26. The normalized spacial score (nSPS) is 17.5. The van der Waals surface area contributed by atoms with E-state index in [1.54, 1.807) is 37.0 Å². The number of nitrogens with zero attached hydrogens (tertiary/aromatic N) is 1. The smallest absolute Gasteiger partial charge is 0.234 e. The van der Waals surface area contributed by atoms with Crippen LogP contribution in [0.5, 0.6) is 0 Å². The van der Waals surface area contributed by atoms with Gasteiger partial charge in [-0.15, -0.1) is 11.8 Å². The van der Waals surface area contributed by atoms with Crippen molar-refractivity contribution in [3.63, 3.8) is 0 Å². The lowest BCUT2D eigenvalue weighted by Crippen LogP contribution is -2.23. The first-order valence-electron chi connectivity index (χ1n) is 7.44. The van der Waals surface area contributed by atoms with Crippen molar-refractivity contribution in [2.45, 2.75) is 25.4 Å². The lowest BCUT2D eigenvalue weighted by atomic mass is 10.1. The molecule has 0 aromatic heterocycles. The van der Waals surface area contributed by atoms with Gasteiger partial charge in [0.1, 0.15) is 0 Å². The van der Waals surface area contributed by atoms with E-state index in [0.29, 0.717) is 17.0 Å². The Morgan fingerprint density at radius 2 is 2.32 bits per heavy atom. The predicted molar refractivity (Wildman–Crippen MR) is 90.2 cm³/mol. The molecular formula is C16H21N3O2S. The van der Waals surface area contributed by atoms with Gasteiger partial charge in [0, 0.05) is 19.4 Å². The van der Waals surface area contributed by atoms with Crippen LogP contribution < -0.4 is 10.6 Å². The van der Waals surface area contributed by atoms with Gasteiger partial charge in [-0.25, -0.2) is 0 Å². The minimum atomic E-state index is -0.0626. The summed E-state index contributed by atoms with van der Waals surface area (Å²) in [5.74, 6) is 1.18. The predicted octanol–water partition coefficient (Wildman–Crippen LogP) is 2.84. The Morgan fingerprint density at radius 3 is 3.00 bits per heavy atom. The molecule has 0 spiro atoms. The zero-order valence-corrected chi connectivity index (χ0v) is 13.5. The summed E-state index contributed by atoms with van der Waals surface area (Å²) < 4.78 is 5.65. The molecule has 0 saturated carbocycles. The van der Waals surface area contributed by atoms with Crippen LogP contribution in [0.25, 0.3) is 0 Å². The van der Waals surface area contributed by atoms with Crippen molar-refractivity contribution < 1.29 is 9.53 Å². The third kappa shape index (κ3) is 4.93. The maximum Gasteiger partial charge on any atom is 0.234 e. The number of anilines is 2. The van der Waals surface area contributed by atoms with Crippen LogP contribution in [-0.4, -0.2) is 37.2 Å². The molecule has 22 heavy (non-hydrogen) atoms. The van der Waals surface area contributed by atoms with E-state index in [2.05, 4.69) is 16.7 Å². The van der Waals surface area contributed by atoms with E-state index in [1.807, 2.05) is 0 Å². The van der Waals surface area contributed by atoms with Crippen LogP contribution >= 0.6 is 11.8 Å². The minimum Gasteiger partial charge on any atom is -0.386 e. The second-order valence-corrected chi connectivity index (χ2v) is 6.20. The summed E-state index contributed by atoms with van der Waals surface area (Å²) >= 11 is 1.59. The maximum atomic E-state index is 12.0. The fourth-order valence-corrected chi connectivity index (χ4v) is 3.24. The van der Waals surface area contributed by atoms with Crippen molar-refractivity contribution in [3.8, 4) is 6.07 Å². The summed E-state index contributed by atoms with van der Waals surface area (Å²) in [7, 11) is 1.78. The quantitative estimate of drug-likeness (QED) is 0.843. The van der Waals surface area contributed by atoms with E-state index in [0.717, 1.165) is 30.9 Å². The molecule has 0 bridgehead atoms. The lowest BCUT2D eigenvalue weighted by molar-refractivity contribution is -0.113. The number of carbonyl (C=O) groups is 1. The van der Waals surface area contributed by atoms with E-state index in [-0.39, 0.29) is 12.0 Å². The highest BCUT2D eigenvalue weighted by Crippen LogP contribution is 2.23. The Bertz CT molecular complexity index is 551. The fraction of sp³-hybridized carbons (Fsp3) is 0.500. The summed E-state index contributed by atoms with van der Waals surface area (Å²) in [5, 5.41) is 14.8. The van der Waals surface area contributed by atoms with Gasteiger partial charge < -0.3 is 15.4 Å². The van der Waals surface area contributed by atoms with Crippen molar-refractivity contribution in [2.75, 3.05) is 35.8 Å². The van der Waals surface area contributed by atoms with Gasteiger partial charge in [-0.05, 0) is 37.5 Å². The zero-order chi connectivity index (χ0) is 15.8. The van der Waals surface area contributed by atoms with Gasteiger partial charge in [-0.2, -0.15) is 5.26 Å². The van der Waals surface area contributed by atoms with Crippen LogP contribution in [0, 0.1) is 11.3 Å². The molecule has 0 aliphatic carbocycles. The van der Waals surface area contributed by atoms with Crippen LogP contribution in [0.3, 0.4) is 0 Å². The molecule has 1 heterocycles. The van der Waals surface area contributed by atoms with Gasteiger partial charge in [0.25, 0.3) is 0 Å². The molecule has 1 aromatic rings. The largest absolute Gasteiger partial charge is 0.386 e. The molecule has 1 fully saturated rings. The average Bonchev–Trinajstić information content (AvgIpc) is 2.55. The molecule has 2 rings (SSSR count). The average molecular weight is 319 g/mol.